The zero-order valence-corrected chi connectivity index (χ0v) is 26.6. The van der Waals surface area contributed by atoms with Gasteiger partial charge in [-0.15, -0.1) is 0 Å². The van der Waals surface area contributed by atoms with Crippen LogP contribution in [-0.4, -0.2) is 135 Å². The molecule has 6 aliphatic rings. The second-order valence-corrected chi connectivity index (χ2v) is 14.3. The van der Waals surface area contributed by atoms with Crippen molar-refractivity contribution in [2.24, 2.45) is 34.5 Å². The van der Waals surface area contributed by atoms with Crippen LogP contribution in [0.3, 0.4) is 0 Å². The first-order valence-electron chi connectivity index (χ1n) is 15.8. The number of esters is 2. The Morgan fingerprint density at radius 1 is 1.00 bits per heavy atom. The van der Waals surface area contributed by atoms with Crippen LogP contribution in [0.15, 0.2) is 30.3 Å². The van der Waals surface area contributed by atoms with Gasteiger partial charge < -0.3 is 48.6 Å². The number of ether oxygens (including phenoxy) is 6. The van der Waals surface area contributed by atoms with E-state index in [1.54, 1.807) is 51.7 Å². The zero-order chi connectivity index (χ0) is 32.3. The third-order valence-electron chi connectivity index (χ3n) is 12.9. The maximum absolute atomic E-state index is 13.7. The minimum atomic E-state index is -1.83. The molecule has 1 aromatic rings. The van der Waals surface area contributed by atoms with Gasteiger partial charge in [0, 0.05) is 83.0 Å². The van der Waals surface area contributed by atoms with Crippen LogP contribution in [-0.2, 0) is 33.2 Å². The van der Waals surface area contributed by atoms with Crippen LogP contribution in [0.1, 0.15) is 30.1 Å². The summed E-state index contributed by atoms with van der Waals surface area (Å²) < 4.78 is 37.2. The van der Waals surface area contributed by atoms with Gasteiger partial charge in [-0.3, -0.25) is 4.79 Å². The third-order valence-corrected chi connectivity index (χ3v) is 12.9. The van der Waals surface area contributed by atoms with Crippen molar-refractivity contribution in [1.82, 2.24) is 4.90 Å². The van der Waals surface area contributed by atoms with Crippen LogP contribution in [0, 0.1) is 34.5 Å². The summed E-state index contributed by atoms with van der Waals surface area (Å²) in [5.74, 6) is -3.66. The number of aliphatic hydroxyl groups is 3. The number of hydrogen-bond donors (Lipinski definition) is 3. The van der Waals surface area contributed by atoms with Crippen LogP contribution in [0.5, 0.6) is 0 Å². The Bertz CT molecular complexity index is 1350. The third kappa shape index (κ3) is 3.55. The summed E-state index contributed by atoms with van der Waals surface area (Å²) in [7, 11) is 8.20. The van der Waals surface area contributed by atoms with E-state index in [0.29, 0.717) is 18.5 Å². The van der Waals surface area contributed by atoms with Gasteiger partial charge in [0.05, 0.1) is 30.5 Å². The monoisotopic (exact) mass is 631 g/mol. The summed E-state index contributed by atoms with van der Waals surface area (Å²) >= 11 is 0. The molecule has 1 aliphatic heterocycles. The van der Waals surface area contributed by atoms with Crippen LogP contribution < -0.4 is 0 Å². The molecule has 5 aliphatic carbocycles. The van der Waals surface area contributed by atoms with Crippen molar-refractivity contribution < 1.29 is 53.3 Å². The highest BCUT2D eigenvalue weighted by molar-refractivity contribution is 5.89. The van der Waals surface area contributed by atoms with Crippen LogP contribution in [0.4, 0.5) is 0 Å². The maximum atomic E-state index is 13.7. The van der Waals surface area contributed by atoms with Gasteiger partial charge in [0.25, 0.3) is 0 Å². The molecule has 12 heteroatoms. The number of methoxy groups -OCH3 is 4. The van der Waals surface area contributed by atoms with E-state index >= 15 is 0 Å². The van der Waals surface area contributed by atoms with Crippen molar-refractivity contribution in [2.75, 3.05) is 48.6 Å². The molecule has 1 spiro atoms. The first-order valence-corrected chi connectivity index (χ1v) is 15.8. The predicted molar refractivity (Wildman–Crippen MR) is 156 cm³/mol. The molecule has 1 aromatic carbocycles. The van der Waals surface area contributed by atoms with E-state index in [9.17, 15) is 24.9 Å². The van der Waals surface area contributed by atoms with E-state index < -0.39 is 88.3 Å². The lowest BCUT2D eigenvalue weighted by Gasteiger charge is -2.70. The Morgan fingerprint density at radius 3 is 2.31 bits per heavy atom. The Balaban J connectivity index is 1.52. The van der Waals surface area contributed by atoms with E-state index in [1.807, 2.05) is 7.05 Å². The van der Waals surface area contributed by atoms with Gasteiger partial charge in [0.15, 0.2) is 5.60 Å². The number of likely N-dealkylation sites (tertiary alicyclic amines) is 1. The largest absolute Gasteiger partial charge is 0.455 e. The average Bonchev–Trinajstić information content (AvgIpc) is 3.40. The fourth-order valence-corrected chi connectivity index (χ4v) is 12.2. The highest BCUT2D eigenvalue weighted by Crippen LogP contribution is 2.80. The van der Waals surface area contributed by atoms with Gasteiger partial charge in [0.2, 0.25) is 0 Å². The van der Waals surface area contributed by atoms with Crippen LogP contribution in [0.2, 0.25) is 0 Å². The molecule has 7 rings (SSSR count). The fraction of sp³-hybridized carbons (Fsp3) is 0.758. The Labute approximate surface area is 262 Å². The molecule has 0 radical (unpaired) electrons. The molecule has 1 saturated heterocycles. The zero-order valence-electron chi connectivity index (χ0n) is 26.6. The summed E-state index contributed by atoms with van der Waals surface area (Å²) in [6, 6.07) is 8.15. The first-order chi connectivity index (χ1) is 21.4. The maximum Gasteiger partial charge on any atom is 0.338 e. The molecule has 3 N–H and O–H groups in total. The number of benzene rings is 1. The lowest BCUT2D eigenvalue weighted by molar-refractivity contribution is -0.321. The van der Waals surface area contributed by atoms with E-state index in [1.165, 1.54) is 14.0 Å². The molecular weight excluding hydrogens is 586 g/mol. The van der Waals surface area contributed by atoms with Gasteiger partial charge in [-0.1, -0.05) is 18.2 Å². The van der Waals surface area contributed by atoms with Crippen LogP contribution >= 0.6 is 0 Å². The van der Waals surface area contributed by atoms with Crippen molar-refractivity contribution in [3.05, 3.63) is 35.9 Å². The van der Waals surface area contributed by atoms with Gasteiger partial charge in [-0.05, 0) is 31.5 Å². The SMILES string of the molecule is COC[C@@]12CN(C)C3[C@@H]4[C@H](OC)[C@H]1[C@@]3([C@@H](OC)C[C@H]2O)[C@@H]1C[C@@]2(O)[C@H](OC(=O)c3ccccc3)[C@@H]1[C@]4(OC(C)=O)[C@@H](O)[C@@H]2OC. The number of piperidine rings is 1. The number of aliphatic hydroxyl groups excluding tert-OH is 2. The first kappa shape index (κ1) is 31.4. The quantitative estimate of drug-likeness (QED) is 0.337. The standard InChI is InChI=1S/C33H45NO11/c1-16(35)45-33-21-18(13-31(39,28(43-6)26(33)37)27(21)44-29(38)17-10-8-7-9-11-17)32-20(41-4)12-19(36)30(15-40-3)14-34(2)25(32)22(33)23(42-5)24(30)32/h7-11,18-28,36-37,39H,12-15H2,1-6H3/t18-,19-,20+,21-,22+,23+,24-,25?,26+,27-,28+,30-,31-,32+,33-/m1/s1. The lowest BCUT2D eigenvalue weighted by Crippen LogP contribution is -2.81. The Morgan fingerprint density at radius 2 is 1.71 bits per heavy atom. The van der Waals surface area contributed by atoms with Gasteiger partial charge in [0.1, 0.15) is 23.9 Å². The molecule has 248 valence electrons. The lowest BCUT2D eigenvalue weighted by atomic mass is 9.42. The molecule has 0 amide bonds. The Kier molecular flexibility index (Phi) is 7.28. The number of nitrogens with zero attached hydrogens (tertiary/aromatic N) is 1. The molecule has 1 unspecified atom stereocenters. The second kappa shape index (κ2) is 10.4. The van der Waals surface area contributed by atoms with Gasteiger partial charge >= 0.3 is 11.9 Å². The van der Waals surface area contributed by atoms with Gasteiger partial charge in [-0.25, -0.2) is 4.79 Å². The Hall–Kier alpha value is -2.16. The number of fused-ring (bicyclic) bond motifs is 2. The van der Waals surface area contributed by atoms with Crippen molar-refractivity contribution >= 4 is 11.9 Å². The van der Waals surface area contributed by atoms with E-state index in [2.05, 4.69) is 4.90 Å². The average molecular weight is 632 g/mol. The number of carbonyl (C=O) groups excluding carboxylic acids is 2. The smallest absolute Gasteiger partial charge is 0.338 e. The number of carbonyl (C=O) groups is 2. The van der Waals surface area contributed by atoms with Crippen molar-refractivity contribution in [1.29, 1.82) is 0 Å². The van der Waals surface area contributed by atoms with Gasteiger partial charge in [-0.2, -0.15) is 0 Å². The minimum absolute atomic E-state index is 0.0754. The molecule has 6 fully saturated rings. The van der Waals surface area contributed by atoms with Crippen molar-refractivity contribution in [3.8, 4) is 0 Å². The molecule has 5 saturated carbocycles. The highest BCUT2D eigenvalue weighted by atomic mass is 16.6. The molecule has 0 aromatic heterocycles. The van der Waals surface area contributed by atoms with E-state index in [-0.39, 0.29) is 25.0 Å². The predicted octanol–water partition coefficient (Wildman–Crippen LogP) is 0.258. The topological polar surface area (TPSA) is 153 Å². The molecule has 7 bridgehead atoms. The summed E-state index contributed by atoms with van der Waals surface area (Å²) in [6.07, 6.45) is -5.50. The fourth-order valence-electron chi connectivity index (χ4n) is 12.2. The second-order valence-electron chi connectivity index (χ2n) is 14.3. The summed E-state index contributed by atoms with van der Waals surface area (Å²) in [6.45, 7) is 2.00. The molecule has 1 heterocycles. The molecule has 45 heavy (non-hydrogen) atoms. The minimum Gasteiger partial charge on any atom is -0.455 e. The van der Waals surface area contributed by atoms with Crippen molar-refractivity contribution in [2.45, 2.75) is 73.6 Å². The summed E-state index contributed by atoms with van der Waals surface area (Å²) in [4.78, 5) is 29.1. The number of hydrogen-bond acceptors (Lipinski definition) is 12. The molecule has 12 nitrogen and oxygen atoms in total. The van der Waals surface area contributed by atoms with E-state index in [4.69, 9.17) is 28.4 Å². The number of rotatable bonds is 8. The van der Waals surface area contributed by atoms with Crippen molar-refractivity contribution in [3.63, 3.8) is 0 Å². The van der Waals surface area contributed by atoms with E-state index in [0.717, 1.165) is 0 Å². The summed E-state index contributed by atoms with van der Waals surface area (Å²) in [5, 5.41) is 37.0. The summed E-state index contributed by atoms with van der Waals surface area (Å²) in [5.41, 5.74) is -4.79. The normalized spacial score (nSPS) is 50.7. The highest BCUT2D eigenvalue weighted by Gasteiger charge is 2.92. The molecular formula is C33H45NO11. The van der Waals surface area contributed by atoms with Crippen LogP contribution in [0.25, 0.3) is 0 Å². The molecule has 15 atom stereocenters.